The highest BCUT2D eigenvalue weighted by molar-refractivity contribution is 6.31. The Labute approximate surface area is 300 Å². The summed E-state index contributed by atoms with van der Waals surface area (Å²) in [7, 11) is 3.15. The van der Waals surface area contributed by atoms with Crippen LogP contribution in [0.2, 0.25) is 0 Å². The number of hydrogen-bond acceptors (Lipinski definition) is 8. The lowest BCUT2D eigenvalue weighted by Crippen LogP contribution is -2.27. The molecule has 6 aromatic rings. The van der Waals surface area contributed by atoms with Gasteiger partial charge in [0.15, 0.2) is 0 Å². The lowest BCUT2D eigenvalue weighted by molar-refractivity contribution is 0.400. The van der Waals surface area contributed by atoms with Crippen LogP contribution in [0.15, 0.2) is 84.3 Å². The molecule has 0 radical (unpaired) electrons. The van der Waals surface area contributed by atoms with Gasteiger partial charge in [0.1, 0.15) is 46.3 Å². The molecule has 12 nitrogen and oxygen atoms in total. The lowest BCUT2D eigenvalue weighted by atomic mass is 10.1. The number of amidine groups is 2. The quantitative estimate of drug-likeness (QED) is 0.102. The largest absolute Gasteiger partial charge is 0.509 e. The number of methoxy groups -OCH3 is 2. The molecule has 6 N–H and O–H groups in total. The second-order valence-corrected chi connectivity index (χ2v) is 13.0. The molecule has 0 unspecified atom stereocenters. The summed E-state index contributed by atoms with van der Waals surface area (Å²) < 4.78 is 10.7. The Morgan fingerprint density at radius 1 is 0.635 bits per heavy atom. The first-order valence-corrected chi connectivity index (χ1v) is 16.8. The van der Waals surface area contributed by atoms with Crippen LogP contribution in [0.1, 0.15) is 33.9 Å². The number of rotatable bonds is 6. The number of fused-ring (bicyclic) bond motifs is 2. The molecule has 0 saturated carbocycles. The molecule has 0 atom stereocenters. The van der Waals surface area contributed by atoms with Crippen molar-refractivity contribution >= 4 is 56.3 Å². The van der Waals surface area contributed by atoms with Crippen molar-refractivity contribution in [3.8, 4) is 11.5 Å². The standard InChI is InChI=1S/C20H20N4O3.C20H20N4O/c1-11-5-4-6-13-18(11)23-20(22-13)17-15(25)10-24(19(17)21)14-9-12(26-2)7-8-16(14)27-3;1-11-7-8-12(2)15(9-11)24-10-16(25)17(19(24)21)20-22-14-6-4-5-13(3)18(14)23-20/h4-9,21,25H,10H2,1-3H3,(H,22,23);4-9,21,25H,10H2,1-3H3,(H,22,23). The highest BCUT2D eigenvalue weighted by Gasteiger charge is 2.34. The van der Waals surface area contributed by atoms with E-state index < -0.39 is 0 Å². The fraction of sp³-hybridized carbons (Fsp3) is 0.200. The van der Waals surface area contributed by atoms with E-state index in [-0.39, 0.29) is 36.3 Å². The molecular weight excluding hydrogens is 656 g/mol. The molecule has 0 saturated heterocycles. The number of para-hydroxylation sites is 2. The Morgan fingerprint density at radius 3 is 1.67 bits per heavy atom. The number of aryl methyl sites for hydroxylation is 4. The van der Waals surface area contributed by atoms with E-state index in [1.165, 1.54) is 0 Å². The van der Waals surface area contributed by atoms with Crippen molar-refractivity contribution in [2.75, 3.05) is 37.1 Å². The first-order valence-electron chi connectivity index (χ1n) is 16.8. The molecule has 12 heteroatoms. The zero-order valence-corrected chi connectivity index (χ0v) is 29.8. The molecule has 0 amide bonds. The molecule has 0 fully saturated rings. The number of ether oxygens (including phenoxy) is 2. The van der Waals surface area contributed by atoms with E-state index in [2.05, 4.69) is 26.0 Å². The summed E-state index contributed by atoms with van der Waals surface area (Å²) in [5.41, 5.74) is 10.2. The van der Waals surface area contributed by atoms with Gasteiger partial charge in [0, 0.05) is 11.8 Å². The van der Waals surface area contributed by atoms with Gasteiger partial charge in [0.2, 0.25) is 0 Å². The maximum atomic E-state index is 10.6. The number of hydrogen-bond donors (Lipinski definition) is 6. The Hall–Kier alpha value is -6.56. The van der Waals surface area contributed by atoms with Crippen molar-refractivity contribution in [2.24, 2.45) is 0 Å². The van der Waals surface area contributed by atoms with E-state index in [0.717, 1.165) is 50.0 Å². The van der Waals surface area contributed by atoms with Crippen LogP contribution >= 0.6 is 0 Å². The molecule has 2 aliphatic rings. The highest BCUT2D eigenvalue weighted by atomic mass is 16.5. The van der Waals surface area contributed by atoms with Crippen LogP contribution < -0.4 is 19.3 Å². The predicted octanol–water partition coefficient (Wildman–Crippen LogP) is 7.91. The highest BCUT2D eigenvalue weighted by Crippen LogP contribution is 2.38. The third kappa shape index (κ3) is 5.87. The average Bonchev–Trinajstić information content (AvgIpc) is 3.89. The van der Waals surface area contributed by atoms with Crippen molar-refractivity contribution in [2.45, 2.75) is 27.7 Å². The predicted molar refractivity (Wildman–Crippen MR) is 206 cm³/mol. The number of nitrogens with zero attached hydrogens (tertiary/aromatic N) is 4. The maximum Gasteiger partial charge on any atom is 0.145 e. The van der Waals surface area contributed by atoms with Crippen molar-refractivity contribution in [3.63, 3.8) is 0 Å². The average molecular weight is 697 g/mol. The second-order valence-electron chi connectivity index (χ2n) is 13.0. The van der Waals surface area contributed by atoms with E-state index in [9.17, 15) is 10.2 Å². The summed E-state index contributed by atoms with van der Waals surface area (Å²) in [6, 6.07) is 23.3. The van der Waals surface area contributed by atoms with Crippen molar-refractivity contribution in [1.29, 1.82) is 10.8 Å². The molecule has 4 aromatic carbocycles. The molecular formula is C40H40N8O4. The summed E-state index contributed by atoms with van der Waals surface area (Å²) in [5, 5.41) is 38.4. The van der Waals surface area contributed by atoms with Gasteiger partial charge in [-0.05, 0) is 80.3 Å². The summed E-state index contributed by atoms with van der Waals surface area (Å²) >= 11 is 0. The second kappa shape index (κ2) is 13.3. The lowest BCUT2D eigenvalue weighted by Gasteiger charge is -2.21. The number of benzene rings is 4. The number of aliphatic hydroxyl groups is 2. The van der Waals surface area contributed by atoms with E-state index in [1.807, 2.05) is 81.1 Å². The monoisotopic (exact) mass is 696 g/mol. The van der Waals surface area contributed by atoms with E-state index in [0.29, 0.717) is 40.0 Å². The number of nitrogens with one attached hydrogen (secondary N) is 4. The Kier molecular flexibility index (Phi) is 8.67. The number of aliphatic hydroxyl groups excluding tert-OH is 2. The van der Waals surface area contributed by atoms with Gasteiger partial charge < -0.3 is 39.5 Å². The minimum Gasteiger partial charge on any atom is -0.509 e. The zero-order valence-electron chi connectivity index (χ0n) is 29.8. The SMILES string of the molecule is COc1ccc(OC)c(N2CC(O)=C(c3nc4c(C)cccc4[nH]3)C2=N)c1.Cc1ccc(C)c(N2CC(O)=C(c3nc4c(C)cccc4[nH]3)C2=N)c1. The van der Waals surface area contributed by atoms with Crippen molar-refractivity contribution in [1.82, 2.24) is 19.9 Å². The third-order valence-electron chi connectivity index (χ3n) is 9.44. The number of imidazole rings is 2. The van der Waals surface area contributed by atoms with Crippen LogP contribution in [-0.2, 0) is 0 Å². The van der Waals surface area contributed by atoms with Gasteiger partial charge >= 0.3 is 0 Å². The Balaban J connectivity index is 0.000000162. The van der Waals surface area contributed by atoms with E-state index in [1.54, 1.807) is 37.3 Å². The summed E-state index contributed by atoms with van der Waals surface area (Å²) in [5.74, 6) is 2.93. The summed E-state index contributed by atoms with van der Waals surface area (Å²) in [4.78, 5) is 19.2. The maximum absolute atomic E-state index is 10.6. The topological polar surface area (TPSA) is 170 Å². The van der Waals surface area contributed by atoms with Crippen LogP contribution in [0.25, 0.3) is 33.2 Å². The first-order chi connectivity index (χ1) is 25.0. The molecule has 0 spiro atoms. The Bertz CT molecular complexity index is 2470. The fourth-order valence-corrected chi connectivity index (χ4v) is 6.67. The molecule has 4 heterocycles. The van der Waals surface area contributed by atoms with E-state index >= 15 is 0 Å². The molecule has 264 valence electrons. The number of anilines is 2. The number of aromatic nitrogens is 4. The van der Waals surface area contributed by atoms with Gasteiger partial charge in [-0.1, -0.05) is 36.4 Å². The first kappa shape index (κ1) is 33.9. The van der Waals surface area contributed by atoms with Gasteiger partial charge in [0.05, 0.1) is 66.2 Å². The zero-order chi connectivity index (χ0) is 36.8. The number of aromatic amines is 2. The molecule has 2 aromatic heterocycles. The number of H-pyrrole nitrogens is 2. The van der Waals surface area contributed by atoms with Crippen LogP contribution in [0.4, 0.5) is 11.4 Å². The van der Waals surface area contributed by atoms with Gasteiger partial charge in [-0.2, -0.15) is 0 Å². The molecule has 8 rings (SSSR count). The van der Waals surface area contributed by atoms with Crippen LogP contribution in [-0.4, -0.2) is 69.1 Å². The molecule has 2 aliphatic heterocycles. The van der Waals surface area contributed by atoms with Crippen LogP contribution in [0.3, 0.4) is 0 Å². The third-order valence-corrected chi connectivity index (χ3v) is 9.44. The van der Waals surface area contributed by atoms with E-state index in [4.69, 9.17) is 20.3 Å². The molecule has 0 aliphatic carbocycles. The normalized spacial score (nSPS) is 14.6. The summed E-state index contributed by atoms with van der Waals surface area (Å²) in [6.45, 7) is 8.47. The smallest absolute Gasteiger partial charge is 0.145 e. The van der Waals surface area contributed by atoms with Gasteiger partial charge in [0.25, 0.3) is 0 Å². The van der Waals surface area contributed by atoms with Gasteiger partial charge in [-0.15, -0.1) is 0 Å². The van der Waals surface area contributed by atoms with Crippen LogP contribution in [0, 0.1) is 38.5 Å². The molecule has 52 heavy (non-hydrogen) atoms. The minimum absolute atomic E-state index is 0.0848. The molecule has 0 bridgehead atoms. The van der Waals surface area contributed by atoms with Gasteiger partial charge in [-0.3, -0.25) is 10.8 Å². The van der Waals surface area contributed by atoms with Crippen molar-refractivity contribution in [3.05, 3.63) is 118 Å². The van der Waals surface area contributed by atoms with Gasteiger partial charge in [-0.25, -0.2) is 9.97 Å². The summed E-state index contributed by atoms with van der Waals surface area (Å²) in [6.07, 6.45) is 0. The Morgan fingerprint density at radius 2 is 1.17 bits per heavy atom. The fourth-order valence-electron chi connectivity index (χ4n) is 6.67. The van der Waals surface area contributed by atoms with Crippen LogP contribution in [0.5, 0.6) is 11.5 Å². The van der Waals surface area contributed by atoms with Crippen molar-refractivity contribution < 1.29 is 19.7 Å². The minimum atomic E-state index is 0.0848.